The smallest absolute Gasteiger partial charge is 0.246 e. The molecule has 4 unspecified atom stereocenters. The summed E-state index contributed by atoms with van der Waals surface area (Å²) < 4.78 is 1.04. The van der Waals surface area contributed by atoms with Crippen LogP contribution in [0.25, 0.3) is 0 Å². The quantitative estimate of drug-likeness (QED) is 0.556. The number of halogens is 2. The fourth-order valence-electron chi connectivity index (χ4n) is 4.26. The van der Waals surface area contributed by atoms with Gasteiger partial charge in [-0.1, -0.05) is 45.7 Å². The van der Waals surface area contributed by atoms with Crippen molar-refractivity contribution in [1.82, 2.24) is 10.9 Å². The lowest BCUT2D eigenvalue weighted by molar-refractivity contribution is -0.119. The first-order valence-electron chi connectivity index (χ1n) is 9.02. The molecule has 142 valence electrons. The predicted octanol–water partition coefficient (Wildman–Crippen LogP) is 5.09. The number of hydrazine groups is 1. The lowest BCUT2D eigenvalue weighted by Gasteiger charge is -2.30. The minimum Gasteiger partial charge on any atom is -0.302 e. The zero-order chi connectivity index (χ0) is 19.3. The van der Waals surface area contributed by atoms with Crippen LogP contribution in [-0.4, -0.2) is 11.9 Å². The van der Waals surface area contributed by atoms with Gasteiger partial charge in [0, 0.05) is 26.0 Å². The standard InChI is InChI=1S/C21H17BrClN3OS/c22-13-5-3-12(4-6-13)18-17-19(25-24-18)21(27)26(15-9-7-14(23)8-10-15)20(17)16-2-1-11-28-16/h1-11,17-20,24-25H. The lowest BCUT2D eigenvalue weighted by Crippen LogP contribution is -2.41. The molecule has 2 fully saturated rings. The Labute approximate surface area is 180 Å². The molecule has 2 aliphatic heterocycles. The molecule has 1 amide bonds. The topological polar surface area (TPSA) is 44.4 Å². The van der Waals surface area contributed by atoms with E-state index in [9.17, 15) is 4.79 Å². The highest BCUT2D eigenvalue weighted by Crippen LogP contribution is 2.49. The van der Waals surface area contributed by atoms with E-state index in [4.69, 9.17) is 11.6 Å². The Morgan fingerprint density at radius 1 is 0.964 bits per heavy atom. The lowest BCUT2D eigenvalue weighted by atomic mass is 9.86. The van der Waals surface area contributed by atoms with E-state index in [1.54, 1.807) is 11.3 Å². The van der Waals surface area contributed by atoms with E-state index in [0.29, 0.717) is 5.02 Å². The fraction of sp³-hybridized carbons (Fsp3) is 0.190. The molecule has 0 aliphatic carbocycles. The summed E-state index contributed by atoms with van der Waals surface area (Å²) in [5.41, 5.74) is 8.66. The average molecular weight is 475 g/mol. The summed E-state index contributed by atoms with van der Waals surface area (Å²) in [6.07, 6.45) is 0. The van der Waals surface area contributed by atoms with E-state index in [0.717, 1.165) is 15.7 Å². The zero-order valence-electron chi connectivity index (χ0n) is 14.7. The van der Waals surface area contributed by atoms with Crippen LogP contribution >= 0.6 is 38.9 Å². The van der Waals surface area contributed by atoms with Crippen LogP contribution in [0.2, 0.25) is 5.02 Å². The number of amides is 1. The van der Waals surface area contributed by atoms with E-state index in [2.05, 4.69) is 50.4 Å². The maximum Gasteiger partial charge on any atom is 0.246 e. The highest BCUT2D eigenvalue weighted by molar-refractivity contribution is 9.10. The van der Waals surface area contributed by atoms with Crippen LogP contribution in [0.1, 0.15) is 22.5 Å². The first-order chi connectivity index (χ1) is 13.6. The van der Waals surface area contributed by atoms with E-state index >= 15 is 0 Å². The largest absolute Gasteiger partial charge is 0.302 e. The van der Waals surface area contributed by atoms with Crippen LogP contribution in [0, 0.1) is 5.92 Å². The molecular weight excluding hydrogens is 458 g/mol. The summed E-state index contributed by atoms with van der Waals surface area (Å²) in [7, 11) is 0. The Morgan fingerprint density at radius 2 is 1.68 bits per heavy atom. The second-order valence-corrected chi connectivity index (χ2v) is 9.35. The maximum atomic E-state index is 13.4. The Kier molecular flexibility index (Phi) is 4.77. The SMILES string of the molecule is O=C1C2NNC(c3ccc(Br)cc3)C2C(c2cccs2)N1c1ccc(Cl)cc1. The summed E-state index contributed by atoms with van der Waals surface area (Å²) in [5.74, 6) is 0.154. The Bertz CT molecular complexity index is 994. The van der Waals surface area contributed by atoms with Crippen molar-refractivity contribution in [1.29, 1.82) is 0 Å². The number of hydrogen-bond donors (Lipinski definition) is 2. The van der Waals surface area contributed by atoms with Crippen molar-refractivity contribution in [2.24, 2.45) is 5.92 Å². The monoisotopic (exact) mass is 473 g/mol. The number of benzene rings is 2. The number of hydrogen-bond acceptors (Lipinski definition) is 4. The van der Waals surface area contributed by atoms with Gasteiger partial charge >= 0.3 is 0 Å². The van der Waals surface area contributed by atoms with E-state index < -0.39 is 0 Å². The van der Waals surface area contributed by atoms with E-state index in [1.807, 2.05) is 47.4 Å². The van der Waals surface area contributed by atoms with Gasteiger partial charge in [0.1, 0.15) is 6.04 Å². The summed E-state index contributed by atoms with van der Waals surface area (Å²) in [5, 5.41) is 2.73. The van der Waals surface area contributed by atoms with Crippen LogP contribution in [0.5, 0.6) is 0 Å². The summed E-state index contributed by atoms with van der Waals surface area (Å²) in [6, 6.07) is 19.7. The summed E-state index contributed by atoms with van der Waals surface area (Å²) in [4.78, 5) is 16.5. The summed E-state index contributed by atoms with van der Waals surface area (Å²) in [6.45, 7) is 0. The number of thiophene rings is 1. The van der Waals surface area contributed by atoms with Gasteiger partial charge in [-0.2, -0.15) is 0 Å². The molecule has 0 radical (unpaired) electrons. The second kappa shape index (κ2) is 7.28. The van der Waals surface area contributed by atoms with Crippen LogP contribution in [0.4, 0.5) is 5.69 Å². The molecule has 7 heteroatoms. The van der Waals surface area contributed by atoms with Crippen molar-refractivity contribution in [2.45, 2.75) is 18.1 Å². The minimum atomic E-state index is -0.281. The van der Waals surface area contributed by atoms with Gasteiger partial charge in [-0.15, -0.1) is 11.3 Å². The molecule has 2 N–H and O–H groups in total. The average Bonchev–Trinajstić information content (AvgIpc) is 3.42. The molecule has 3 heterocycles. The molecule has 2 aliphatic rings. The van der Waals surface area contributed by atoms with Crippen molar-refractivity contribution in [3.05, 3.63) is 86.0 Å². The van der Waals surface area contributed by atoms with Crippen LogP contribution in [-0.2, 0) is 4.79 Å². The van der Waals surface area contributed by atoms with E-state index in [-0.39, 0.29) is 30.0 Å². The summed E-state index contributed by atoms with van der Waals surface area (Å²) >= 11 is 11.3. The Balaban J connectivity index is 1.60. The van der Waals surface area contributed by atoms with Crippen LogP contribution in [0.15, 0.2) is 70.5 Å². The number of fused-ring (bicyclic) bond motifs is 1. The third kappa shape index (κ3) is 3.00. The molecule has 28 heavy (non-hydrogen) atoms. The van der Waals surface area contributed by atoms with E-state index in [1.165, 1.54) is 4.88 Å². The molecule has 2 aromatic carbocycles. The van der Waals surface area contributed by atoms with Gasteiger partial charge in [0.05, 0.1) is 12.1 Å². The van der Waals surface area contributed by atoms with Gasteiger partial charge < -0.3 is 4.90 Å². The molecule has 2 saturated heterocycles. The first-order valence-corrected chi connectivity index (χ1v) is 11.1. The Morgan fingerprint density at radius 3 is 2.36 bits per heavy atom. The van der Waals surface area contributed by atoms with Gasteiger partial charge in [-0.3, -0.25) is 4.79 Å². The number of nitrogens with one attached hydrogen (secondary N) is 2. The first kappa shape index (κ1) is 18.3. The third-order valence-corrected chi connectivity index (χ3v) is 7.20. The van der Waals surface area contributed by atoms with Crippen molar-refractivity contribution in [3.8, 4) is 0 Å². The van der Waals surface area contributed by atoms with Crippen molar-refractivity contribution >= 4 is 50.5 Å². The highest BCUT2D eigenvalue weighted by Gasteiger charge is 2.56. The van der Waals surface area contributed by atoms with Crippen molar-refractivity contribution in [3.63, 3.8) is 0 Å². The molecule has 3 aromatic rings. The predicted molar refractivity (Wildman–Crippen MR) is 116 cm³/mol. The van der Waals surface area contributed by atoms with Crippen molar-refractivity contribution in [2.75, 3.05) is 4.90 Å². The zero-order valence-corrected chi connectivity index (χ0v) is 17.8. The molecule has 4 nitrogen and oxygen atoms in total. The fourth-order valence-corrected chi connectivity index (χ4v) is 5.52. The third-order valence-electron chi connectivity index (χ3n) is 5.48. The number of nitrogens with zero attached hydrogens (tertiary/aromatic N) is 1. The van der Waals surface area contributed by atoms with Gasteiger partial charge in [-0.05, 0) is 53.4 Å². The van der Waals surface area contributed by atoms with Gasteiger partial charge in [-0.25, -0.2) is 10.9 Å². The second-order valence-electron chi connectivity index (χ2n) is 7.02. The molecule has 0 spiro atoms. The van der Waals surface area contributed by atoms with Crippen molar-refractivity contribution < 1.29 is 4.79 Å². The van der Waals surface area contributed by atoms with Gasteiger partial charge in [0.25, 0.3) is 0 Å². The number of rotatable bonds is 3. The highest BCUT2D eigenvalue weighted by atomic mass is 79.9. The molecule has 4 atom stereocenters. The normalized spacial score (nSPS) is 26.6. The number of carbonyl (C=O) groups excluding carboxylic acids is 1. The van der Waals surface area contributed by atoms with Crippen LogP contribution in [0.3, 0.4) is 0 Å². The van der Waals surface area contributed by atoms with Gasteiger partial charge in [0.2, 0.25) is 5.91 Å². The van der Waals surface area contributed by atoms with Crippen LogP contribution < -0.4 is 15.8 Å². The maximum absolute atomic E-state index is 13.4. The van der Waals surface area contributed by atoms with Gasteiger partial charge in [0.15, 0.2) is 0 Å². The minimum absolute atomic E-state index is 0.0338. The molecular formula is C21H17BrClN3OS. The molecule has 0 bridgehead atoms. The number of carbonyl (C=O) groups is 1. The number of anilines is 1. The molecule has 0 saturated carbocycles. The Hall–Kier alpha value is -1.70. The molecule has 1 aromatic heterocycles. The molecule has 5 rings (SSSR count).